The smallest absolute Gasteiger partial charge is 0.264 e. The molecule has 1 saturated carbocycles. The maximum Gasteiger partial charge on any atom is 0.264 e. The van der Waals surface area contributed by atoms with E-state index < -0.39 is 27.1 Å². The van der Waals surface area contributed by atoms with E-state index in [1.165, 1.54) is 11.1 Å². The van der Waals surface area contributed by atoms with Crippen LogP contribution in [0.5, 0.6) is 0 Å². The van der Waals surface area contributed by atoms with E-state index in [0.717, 1.165) is 36.1 Å². The Bertz CT molecular complexity index is 1790. The zero-order valence-corrected chi connectivity index (χ0v) is 25.8. The maximum absolute atomic E-state index is 14.2. The molecule has 0 unspecified atom stereocenters. The van der Waals surface area contributed by atoms with E-state index in [4.69, 9.17) is 10.2 Å². The highest BCUT2D eigenvalue weighted by molar-refractivity contribution is 7.92. The Hall–Kier alpha value is -3.96. The van der Waals surface area contributed by atoms with Crippen LogP contribution in [0.3, 0.4) is 0 Å². The number of hydrogen-bond donors (Lipinski definition) is 0. The van der Waals surface area contributed by atoms with Crippen LogP contribution in [0.4, 0.5) is 11.4 Å². The van der Waals surface area contributed by atoms with Gasteiger partial charge in [0.2, 0.25) is 0 Å². The molecule has 43 heavy (non-hydrogen) atoms. The molecule has 0 spiro atoms. The molecule has 0 saturated heterocycles. The molecular weight excluding hydrogens is 554 g/mol. The van der Waals surface area contributed by atoms with Crippen molar-refractivity contribution in [2.75, 3.05) is 16.3 Å². The number of anilines is 2. The van der Waals surface area contributed by atoms with E-state index in [-0.39, 0.29) is 16.9 Å². The van der Waals surface area contributed by atoms with Crippen LogP contribution in [0, 0.1) is 11.3 Å². The van der Waals surface area contributed by atoms with Crippen LogP contribution in [-0.4, -0.2) is 27.5 Å². The molecule has 8 heteroatoms. The van der Waals surface area contributed by atoms with Crippen molar-refractivity contribution in [3.05, 3.63) is 101 Å². The number of para-hydroxylation sites is 1. The van der Waals surface area contributed by atoms with Gasteiger partial charge >= 0.3 is 0 Å². The predicted molar refractivity (Wildman–Crippen MR) is 169 cm³/mol. The number of hydrogen-bond acceptors (Lipinski definition) is 6. The number of allylic oxidation sites excluding steroid dienone is 2. The molecule has 0 bridgehead atoms. The first-order valence-electron chi connectivity index (χ1n) is 15.3. The molecule has 0 aromatic heterocycles. The highest BCUT2D eigenvalue weighted by atomic mass is 32.2. The van der Waals surface area contributed by atoms with Gasteiger partial charge in [-0.25, -0.2) is 8.42 Å². The predicted octanol–water partition coefficient (Wildman–Crippen LogP) is 7.57. The zero-order valence-electron chi connectivity index (χ0n) is 24.9. The minimum Gasteiger partial charge on any atom is -0.356 e. The third-order valence-corrected chi connectivity index (χ3v) is 11.9. The fourth-order valence-electron chi connectivity index (χ4n) is 8.31. The van der Waals surface area contributed by atoms with Crippen molar-refractivity contribution in [1.82, 2.24) is 0 Å². The monoisotopic (exact) mass is 591 g/mol. The summed E-state index contributed by atoms with van der Waals surface area (Å²) >= 11 is 0. The Labute approximate surface area is 254 Å². The average Bonchev–Trinajstić information content (AvgIpc) is 3.58. The number of fused-ring (bicyclic) bond motifs is 3. The fourth-order valence-corrected chi connectivity index (χ4v) is 10.1. The summed E-state index contributed by atoms with van der Waals surface area (Å²) in [5.41, 5.74) is 4.59. The summed E-state index contributed by atoms with van der Waals surface area (Å²) in [7, 11) is -1.84. The Morgan fingerprint density at radius 3 is 2.35 bits per heavy atom. The molecular formula is C35H37N5O2S. The maximum atomic E-state index is 14.2. The summed E-state index contributed by atoms with van der Waals surface area (Å²) in [5, 5.41) is 21.2. The van der Waals surface area contributed by atoms with Crippen molar-refractivity contribution in [3.63, 3.8) is 0 Å². The highest BCUT2D eigenvalue weighted by Crippen LogP contribution is 2.59. The molecule has 2 aliphatic heterocycles. The summed E-state index contributed by atoms with van der Waals surface area (Å²) in [6.07, 6.45) is 7.20. The Kier molecular flexibility index (Phi) is 6.51. The van der Waals surface area contributed by atoms with Gasteiger partial charge in [-0.2, -0.15) is 15.5 Å². The lowest BCUT2D eigenvalue weighted by molar-refractivity contribution is 0.323. The van der Waals surface area contributed by atoms with E-state index in [1.54, 1.807) is 28.6 Å². The van der Waals surface area contributed by atoms with Crippen LogP contribution in [-0.2, 0) is 21.1 Å². The molecule has 3 aromatic rings. The summed E-state index contributed by atoms with van der Waals surface area (Å²) in [4.78, 5) is 2.35. The van der Waals surface area contributed by atoms with Gasteiger partial charge in [0.05, 0.1) is 22.7 Å². The number of sulfonamides is 1. The summed E-state index contributed by atoms with van der Waals surface area (Å²) in [5.74, 6) is 0.249. The lowest BCUT2D eigenvalue weighted by atomic mass is 9.81. The van der Waals surface area contributed by atoms with Crippen LogP contribution in [0.1, 0.15) is 75.0 Å². The van der Waals surface area contributed by atoms with E-state index in [2.05, 4.69) is 49.1 Å². The summed E-state index contributed by atoms with van der Waals surface area (Å²) in [6, 6.07) is 24.6. The van der Waals surface area contributed by atoms with Gasteiger partial charge in [-0.1, -0.05) is 60.2 Å². The first-order chi connectivity index (χ1) is 20.7. The van der Waals surface area contributed by atoms with Gasteiger partial charge in [0, 0.05) is 29.8 Å². The minimum absolute atomic E-state index is 0.249. The second-order valence-electron chi connectivity index (χ2n) is 12.7. The van der Waals surface area contributed by atoms with E-state index >= 15 is 0 Å². The van der Waals surface area contributed by atoms with Crippen molar-refractivity contribution in [2.45, 2.75) is 86.3 Å². The van der Waals surface area contributed by atoms with Crippen LogP contribution in [0.15, 0.2) is 99.6 Å². The number of nitrogens with zero attached hydrogens (tertiary/aromatic N) is 5. The normalized spacial score (nSPS) is 29.1. The highest BCUT2D eigenvalue weighted by Gasteiger charge is 2.59. The molecule has 4 aliphatic rings. The third-order valence-electron chi connectivity index (χ3n) is 10.0. The molecule has 3 aromatic carbocycles. The summed E-state index contributed by atoms with van der Waals surface area (Å²) in [6.45, 7) is 4.27. The number of azo groups is 1. The van der Waals surface area contributed by atoms with Gasteiger partial charge < -0.3 is 4.90 Å². The molecule has 5 atom stereocenters. The molecule has 2 aliphatic carbocycles. The van der Waals surface area contributed by atoms with E-state index in [1.807, 2.05) is 37.4 Å². The second-order valence-corrected chi connectivity index (χ2v) is 14.5. The molecule has 0 N–H and O–H groups in total. The van der Waals surface area contributed by atoms with Crippen molar-refractivity contribution >= 4 is 21.4 Å². The molecule has 1 fully saturated rings. The van der Waals surface area contributed by atoms with Gasteiger partial charge in [-0.15, -0.1) is 0 Å². The van der Waals surface area contributed by atoms with Crippen LogP contribution in [0.2, 0.25) is 0 Å². The van der Waals surface area contributed by atoms with Crippen molar-refractivity contribution in [3.8, 4) is 6.07 Å². The number of benzene rings is 3. The van der Waals surface area contributed by atoms with Crippen molar-refractivity contribution in [1.29, 1.82) is 5.26 Å². The standard InChI is InChI=1S/C35H37N5O2S/c1-24(2)22-25-12-10-21-35(32(23-36)39(3)30-18-9-15-27(25)33(30)35)38-37-34-20-11-19-31(34)40(29-17-8-7-16-28(29)34)43(41,42)26-13-5-4-6-14-26/h4-9,13-18,22,25,31-32H,10-12,19-21H2,1-3H3/t25-,31-,32-,34+,35-/m1/s1. The number of rotatable bonds is 5. The first kappa shape index (κ1) is 27.8. The molecule has 220 valence electrons. The van der Waals surface area contributed by atoms with E-state index in [0.29, 0.717) is 24.9 Å². The molecule has 2 heterocycles. The third kappa shape index (κ3) is 3.94. The van der Waals surface area contributed by atoms with Gasteiger partial charge in [0.15, 0.2) is 0 Å². The van der Waals surface area contributed by atoms with Gasteiger partial charge in [0.25, 0.3) is 10.0 Å². The largest absolute Gasteiger partial charge is 0.356 e. The lowest BCUT2D eigenvalue weighted by Gasteiger charge is -2.33. The minimum atomic E-state index is -3.83. The van der Waals surface area contributed by atoms with Crippen LogP contribution in [0.25, 0.3) is 0 Å². The number of nitriles is 1. The average molecular weight is 592 g/mol. The van der Waals surface area contributed by atoms with Gasteiger partial charge in [0.1, 0.15) is 17.1 Å². The topological polar surface area (TPSA) is 89.1 Å². The first-order valence-corrected chi connectivity index (χ1v) is 16.7. The second kappa shape index (κ2) is 10.1. The lowest BCUT2D eigenvalue weighted by Crippen LogP contribution is -2.44. The Balaban J connectivity index is 1.41. The van der Waals surface area contributed by atoms with Crippen molar-refractivity contribution in [2.24, 2.45) is 10.2 Å². The van der Waals surface area contributed by atoms with Crippen LogP contribution >= 0.6 is 0 Å². The fraction of sp³-hybridized carbons (Fsp3) is 0.400. The molecule has 0 amide bonds. The van der Waals surface area contributed by atoms with E-state index in [9.17, 15) is 13.7 Å². The molecule has 7 nitrogen and oxygen atoms in total. The SMILES string of the molecule is CC(C)=C[C@H]1CCC[C@]2(N=N[C@]34CCC[C@H]3N(S(=O)(=O)c3ccccc3)c3ccccc34)c3c1cccc3N(C)[C@@H]2C#N. The zero-order chi connectivity index (χ0) is 30.0. The Morgan fingerprint density at radius 1 is 0.907 bits per heavy atom. The van der Waals surface area contributed by atoms with Crippen molar-refractivity contribution < 1.29 is 8.42 Å². The van der Waals surface area contributed by atoms with Crippen LogP contribution < -0.4 is 9.21 Å². The molecule has 7 rings (SSSR count). The van der Waals surface area contributed by atoms with Gasteiger partial charge in [-0.3, -0.25) is 4.31 Å². The quantitative estimate of drug-likeness (QED) is 0.226. The number of likely N-dealkylation sites (N-methyl/N-ethyl adjacent to an activating group) is 1. The summed E-state index contributed by atoms with van der Waals surface area (Å²) < 4.78 is 30.0. The van der Waals surface area contributed by atoms with Gasteiger partial charge in [-0.05, 0) is 82.2 Å². The molecule has 0 radical (unpaired) electrons. The Morgan fingerprint density at radius 2 is 1.58 bits per heavy atom.